The smallest absolute Gasteiger partial charge is 0.135 e. The zero-order chi connectivity index (χ0) is 10.1. The molecule has 3 nitrogen and oxygen atoms in total. The lowest BCUT2D eigenvalue weighted by molar-refractivity contribution is 1.26. The van der Waals surface area contributed by atoms with Gasteiger partial charge in [0.05, 0.1) is 0 Å². The van der Waals surface area contributed by atoms with Gasteiger partial charge in [-0.1, -0.05) is 11.6 Å². The molecule has 2 aromatic rings. The molecule has 1 N–H and O–H groups in total. The van der Waals surface area contributed by atoms with E-state index < -0.39 is 0 Å². The first-order valence-corrected chi connectivity index (χ1v) is 4.69. The zero-order valence-electron chi connectivity index (χ0n) is 8.00. The topological polar surface area (TPSA) is 37.8 Å². The Bertz CT molecular complexity index is 482. The van der Waals surface area contributed by atoms with Gasteiger partial charge in [0.1, 0.15) is 11.0 Å². The molecule has 0 atom stereocenters. The lowest BCUT2D eigenvalue weighted by Gasteiger charge is -2.06. The summed E-state index contributed by atoms with van der Waals surface area (Å²) in [4.78, 5) is 8.30. The van der Waals surface area contributed by atoms with Gasteiger partial charge in [-0.25, -0.2) is 9.97 Å². The average Bonchev–Trinajstić information content (AvgIpc) is 2.19. The predicted molar refractivity (Wildman–Crippen MR) is 58.8 cm³/mol. The third-order valence-corrected chi connectivity index (χ3v) is 2.38. The molecule has 0 radical (unpaired) electrons. The molecule has 0 aliphatic carbocycles. The summed E-state index contributed by atoms with van der Waals surface area (Å²) in [5.41, 5.74) is 1.10. The van der Waals surface area contributed by atoms with E-state index in [0.29, 0.717) is 5.15 Å². The van der Waals surface area contributed by atoms with Crippen LogP contribution in [0.2, 0.25) is 5.15 Å². The van der Waals surface area contributed by atoms with Crippen molar-refractivity contribution in [3.05, 3.63) is 29.2 Å². The molecule has 0 saturated heterocycles. The number of nitrogens with one attached hydrogen (secondary N) is 1. The van der Waals surface area contributed by atoms with Gasteiger partial charge in [0.2, 0.25) is 0 Å². The summed E-state index contributed by atoms with van der Waals surface area (Å²) in [7, 11) is 1.84. The molecule has 0 fully saturated rings. The van der Waals surface area contributed by atoms with Crippen molar-refractivity contribution in [2.24, 2.45) is 0 Å². The van der Waals surface area contributed by atoms with Crippen LogP contribution in [0, 0.1) is 6.92 Å². The largest absolute Gasteiger partial charge is 0.373 e. The molecule has 0 aliphatic rings. The number of hydrogen-bond donors (Lipinski definition) is 1. The zero-order valence-corrected chi connectivity index (χ0v) is 8.76. The fourth-order valence-corrected chi connectivity index (χ4v) is 1.60. The number of aromatic nitrogens is 2. The second-order valence-corrected chi connectivity index (χ2v) is 3.48. The Kier molecular flexibility index (Phi) is 2.25. The quantitative estimate of drug-likeness (QED) is 0.731. The molecular weight excluding hydrogens is 198 g/mol. The molecule has 14 heavy (non-hydrogen) atoms. The second-order valence-electron chi connectivity index (χ2n) is 3.09. The molecule has 0 bridgehead atoms. The van der Waals surface area contributed by atoms with Gasteiger partial charge in [0, 0.05) is 24.8 Å². The fourth-order valence-electron chi connectivity index (χ4n) is 1.44. The average molecular weight is 208 g/mol. The minimum Gasteiger partial charge on any atom is -0.373 e. The van der Waals surface area contributed by atoms with Crippen molar-refractivity contribution < 1.29 is 0 Å². The molecule has 0 aliphatic heterocycles. The van der Waals surface area contributed by atoms with Crippen molar-refractivity contribution in [3.8, 4) is 0 Å². The van der Waals surface area contributed by atoms with Crippen LogP contribution in [-0.2, 0) is 0 Å². The predicted octanol–water partition coefficient (Wildman–Crippen LogP) is 2.63. The van der Waals surface area contributed by atoms with Crippen molar-refractivity contribution in [1.82, 2.24) is 9.97 Å². The van der Waals surface area contributed by atoms with Crippen molar-refractivity contribution in [2.75, 3.05) is 12.4 Å². The Morgan fingerprint density at radius 3 is 2.71 bits per heavy atom. The monoisotopic (exact) mass is 207 g/mol. The Balaban J connectivity index is 2.84. The molecule has 4 heteroatoms. The van der Waals surface area contributed by atoms with E-state index in [0.717, 1.165) is 22.2 Å². The van der Waals surface area contributed by atoms with Crippen LogP contribution < -0.4 is 5.32 Å². The summed E-state index contributed by atoms with van der Waals surface area (Å²) in [6.07, 6.45) is 3.56. The highest BCUT2D eigenvalue weighted by atomic mass is 35.5. The molecule has 0 unspecified atom stereocenters. The Hall–Kier alpha value is -1.35. The first-order chi connectivity index (χ1) is 6.72. The maximum atomic E-state index is 5.83. The number of anilines is 1. The molecule has 2 rings (SSSR count). The van der Waals surface area contributed by atoms with Crippen LogP contribution >= 0.6 is 11.6 Å². The lowest BCUT2D eigenvalue weighted by Crippen LogP contribution is -1.95. The highest BCUT2D eigenvalue weighted by molar-refractivity contribution is 6.30. The molecule has 0 spiro atoms. The number of fused-ring (bicyclic) bond motifs is 1. The maximum Gasteiger partial charge on any atom is 0.135 e. The molecule has 0 aromatic carbocycles. The van der Waals surface area contributed by atoms with Gasteiger partial charge < -0.3 is 5.32 Å². The SMILES string of the molecule is CNc1ncc(C)c2cc(Cl)ncc12. The molecule has 0 saturated carbocycles. The number of hydrogen-bond acceptors (Lipinski definition) is 3. The van der Waals surface area contributed by atoms with Crippen LogP contribution in [0.25, 0.3) is 10.8 Å². The van der Waals surface area contributed by atoms with E-state index in [1.165, 1.54) is 0 Å². The summed E-state index contributed by atoms with van der Waals surface area (Å²) in [5.74, 6) is 0.828. The van der Waals surface area contributed by atoms with Gasteiger partial charge in [-0.2, -0.15) is 0 Å². The highest BCUT2D eigenvalue weighted by Gasteiger charge is 2.04. The first-order valence-electron chi connectivity index (χ1n) is 4.31. The molecule has 0 amide bonds. The van der Waals surface area contributed by atoms with Crippen LogP contribution in [0.1, 0.15) is 5.56 Å². The Morgan fingerprint density at radius 1 is 1.21 bits per heavy atom. The van der Waals surface area contributed by atoms with Crippen LogP contribution in [0.4, 0.5) is 5.82 Å². The summed E-state index contributed by atoms with van der Waals surface area (Å²) in [5, 5.41) is 5.62. The molecule has 72 valence electrons. The molecule has 2 heterocycles. The van der Waals surface area contributed by atoms with E-state index in [1.807, 2.05) is 26.2 Å². The third-order valence-electron chi connectivity index (χ3n) is 2.17. The lowest BCUT2D eigenvalue weighted by atomic mass is 10.1. The van der Waals surface area contributed by atoms with Gasteiger partial charge in [-0.3, -0.25) is 0 Å². The van der Waals surface area contributed by atoms with Crippen LogP contribution in [0.3, 0.4) is 0 Å². The molecule has 2 aromatic heterocycles. The summed E-state index contributed by atoms with van der Waals surface area (Å²) in [6, 6.07) is 1.86. The number of halogens is 1. The second kappa shape index (κ2) is 3.42. The van der Waals surface area contributed by atoms with Crippen molar-refractivity contribution in [2.45, 2.75) is 6.92 Å². The van der Waals surface area contributed by atoms with Crippen LogP contribution in [0.5, 0.6) is 0 Å². The van der Waals surface area contributed by atoms with Crippen LogP contribution in [0.15, 0.2) is 18.5 Å². The Morgan fingerprint density at radius 2 is 2.00 bits per heavy atom. The summed E-state index contributed by atoms with van der Waals surface area (Å²) >= 11 is 5.83. The van der Waals surface area contributed by atoms with Gasteiger partial charge in [-0.15, -0.1) is 0 Å². The number of pyridine rings is 2. The Labute approximate surface area is 87.1 Å². The minimum absolute atomic E-state index is 0.508. The normalized spacial score (nSPS) is 10.5. The summed E-state index contributed by atoms with van der Waals surface area (Å²) in [6.45, 7) is 2.01. The van der Waals surface area contributed by atoms with Gasteiger partial charge in [-0.05, 0) is 23.9 Å². The van der Waals surface area contributed by atoms with E-state index in [2.05, 4.69) is 15.3 Å². The minimum atomic E-state index is 0.508. The third kappa shape index (κ3) is 1.40. The van der Waals surface area contributed by atoms with E-state index in [-0.39, 0.29) is 0 Å². The highest BCUT2D eigenvalue weighted by Crippen LogP contribution is 2.24. The maximum absolute atomic E-state index is 5.83. The van der Waals surface area contributed by atoms with Crippen molar-refractivity contribution >= 4 is 28.2 Å². The number of nitrogens with zero attached hydrogens (tertiary/aromatic N) is 2. The van der Waals surface area contributed by atoms with Gasteiger partial charge in [0.25, 0.3) is 0 Å². The number of aryl methyl sites for hydroxylation is 1. The first kappa shape index (κ1) is 9.21. The summed E-state index contributed by atoms with van der Waals surface area (Å²) < 4.78 is 0. The molecular formula is C10H10ClN3. The van der Waals surface area contributed by atoms with Gasteiger partial charge in [0.15, 0.2) is 0 Å². The number of rotatable bonds is 1. The van der Waals surface area contributed by atoms with E-state index >= 15 is 0 Å². The van der Waals surface area contributed by atoms with E-state index in [9.17, 15) is 0 Å². The van der Waals surface area contributed by atoms with Crippen molar-refractivity contribution in [3.63, 3.8) is 0 Å². The van der Waals surface area contributed by atoms with Crippen molar-refractivity contribution in [1.29, 1.82) is 0 Å². The van der Waals surface area contributed by atoms with E-state index in [1.54, 1.807) is 6.20 Å². The van der Waals surface area contributed by atoms with Crippen LogP contribution in [-0.4, -0.2) is 17.0 Å². The van der Waals surface area contributed by atoms with E-state index in [4.69, 9.17) is 11.6 Å². The van der Waals surface area contributed by atoms with Gasteiger partial charge >= 0.3 is 0 Å². The standard InChI is InChI=1S/C10H10ClN3/c1-6-4-14-10(12-2)8-5-13-9(11)3-7(6)8/h3-5H,1-2H3,(H,12,14). The fraction of sp³-hybridized carbons (Fsp3) is 0.200.